The number of aliphatic hydroxyl groups excluding tert-OH is 27. The highest BCUT2D eigenvalue weighted by atomic mass is 16.8. The van der Waals surface area contributed by atoms with Crippen LogP contribution >= 0.6 is 0 Å². The third-order valence-electron chi connectivity index (χ3n) is 19.5. The number of hydrogen-bond donors (Lipinski definition) is 29. The number of nitrogens with one attached hydrogen (secondary N) is 2. The van der Waals surface area contributed by atoms with Crippen molar-refractivity contribution in [3.05, 3.63) is 0 Å². The lowest BCUT2D eigenvalue weighted by atomic mass is 9.94. The predicted molar refractivity (Wildman–Crippen MR) is 320 cm³/mol. The second-order valence-electron chi connectivity index (χ2n) is 26.7. The molecule has 45 atom stereocenters. The van der Waals surface area contributed by atoms with Gasteiger partial charge < -0.3 is 229 Å². The Kier molecular flexibility index (Phi) is 31.1. The molecule has 29 N–H and O–H groups in total. The molecular weight excluding hydrogens is 1460 g/mol. The quantitative estimate of drug-likeness (QED) is 0.0363. The van der Waals surface area contributed by atoms with Gasteiger partial charge in [0.1, 0.15) is 220 Å². The molecule has 0 bridgehead atoms. The van der Waals surface area contributed by atoms with E-state index in [0.717, 1.165) is 13.8 Å². The van der Waals surface area contributed by atoms with Crippen LogP contribution in [-0.2, 0) is 90.1 Å². The summed E-state index contributed by atoms with van der Waals surface area (Å²) in [4.78, 5) is 25.0. The first-order chi connectivity index (χ1) is 50.2. The Morgan fingerprint density at radius 1 is 0.245 bits per heavy atom. The zero-order valence-corrected chi connectivity index (χ0v) is 56.2. The SMILES string of the molecule is CC(=O)N[C@@H]1[C@@H](O)[C@H](O[C@@H]2O[C@H](CO)[C@@H](O[C@@H]3O[C@H](CO[C@H]4O[C@H](CO[C@H]5O[C@H](CO)[C@@H](O)[C@H](O)[C@@H]5O[C@H]5O[C@H](CO)[C@@H](O)[C@H](O)[C@@H]5O)[C@@H](O)[C@H](O[C@H]5O[C@H](CO)[C@@H](O)[C@H](O)[C@@H]5O)[C@@H]4O)[C@@H](O)[C@H](O[C@H]4O[C@H](CO)[C@@H](O)[C@H](O)[C@@H]4O[C@H]4O[C@H](CO)[C@@H](O)[C@H](O)[C@@H]4O)[C@@H]3O)[C@H](O)[C@H]2NC(C)=O)[C@@H](CO)O[C@H]1O. The van der Waals surface area contributed by atoms with E-state index in [9.17, 15) is 147 Å². The zero-order valence-electron chi connectivity index (χ0n) is 56.2. The van der Waals surface area contributed by atoms with Gasteiger partial charge in [-0.3, -0.25) is 9.59 Å². The molecular formula is C58H98N2O46. The van der Waals surface area contributed by atoms with Crippen molar-refractivity contribution in [3.63, 3.8) is 0 Å². The first-order valence-corrected chi connectivity index (χ1v) is 33.7. The lowest BCUT2D eigenvalue weighted by Gasteiger charge is -2.50. The van der Waals surface area contributed by atoms with Gasteiger partial charge in [-0.2, -0.15) is 0 Å². The van der Waals surface area contributed by atoms with Crippen LogP contribution in [0, 0.1) is 0 Å². The first kappa shape index (κ1) is 87.2. The molecule has 106 heavy (non-hydrogen) atoms. The van der Waals surface area contributed by atoms with E-state index in [1.165, 1.54) is 0 Å². The Morgan fingerprint density at radius 3 is 0.934 bits per heavy atom. The van der Waals surface area contributed by atoms with Crippen molar-refractivity contribution >= 4 is 11.8 Å². The average molecular weight is 1560 g/mol. The van der Waals surface area contributed by atoms with Crippen molar-refractivity contribution < 1.29 is 228 Å². The molecule has 9 fully saturated rings. The van der Waals surface area contributed by atoms with Gasteiger partial charge in [0.2, 0.25) is 11.8 Å². The van der Waals surface area contributed by atoms with Crippen molar-refractivity contribution in [2.24, 2.45) is 0 Å². The summed E-state index contributed by atoms with van der Waals surface area (Å²) in [7, 11) is 0. The normalized spacial score (nSPS) is 51.2. The van der Waals surface area contributed by atoms with E-state index >= 15 is 0 Å². The molecule has 0 aliphatic carbocycles. The number of amides is 2. The van der Waals surface area contributed by atoms with Gasteiger partial charge in [0.05, 0.1) is 59.5 Å². The lowest BCUT2D eigenvalue weighted by molar-refractivity contribution is -0.399. The minimum absolute atomic E-state index is 0.783. The molecule has 48 nitrogen and oxygen atoms in total. The fraction of sp³-hybridized carbons (Fsp3) is 0.966. The van der Waals surface area contributed by atoms with Gasteiger partial charge in [-0.25, -0.2) is 0 Å². The van der Waals surface area contributed by atoms with Gasteiger partial charge in [0.25, 0.3) is 0 Å². The largest absolute Gasteiger partial charge is 0.394 e. The van der Waals surface area contributed by atoms with Crippen molar-refractivity contribution in [3.8, 4) is 0 Å². The van der Waals surface area contributed by atoms with Crippen LogP contribution in [0.4, 0.5) is 0 Å². The molecule has 9 aliphatic heterocycles. The molecule has 616 valence electrons. The second-order valence-corrected chi connectivity index (χ2v) is 26.7. The van der Waals surface area contributed by atoms with Crippen LogP contribution in [0.1, 0.15) is 13.8 Å². The summed E-state index contributed by atoms with van der Waals surface area (Å²) in [6.07, 6.45) is -90.3. The van der Waals surface area contributed by atoms with Gasteiger partial charge in [-0.15, -0.1) is 0 Å². The molecule has 9 heterocycles. The number of carbonyl (C=O) groups excluding carboxylic acids is 2. The van der Waals surface area contributed by atoms with Gasteiger partial charge in [0, 0.05) is 13.8 Å². The molecule has 9 saturated heterocycles. The van der Waals surface area contributed by atoms with Crippen LogP contribution in [0.5, 0.6) is 0 Å². The van der Waals surface area contributed by atoms with Crippen LogP contribution in [-0.4, -0.2) is 485 Å². The number of carbonyl (C=O) groups is 2. The molecule has 9 rings (SSSR count). The van der Waals surface area contributed by atoms with E-state index < -0.39 is 348 Å². The molecule has 9 aliphatic rings. The number of ether oxygens (including phenoxy) is 17. The fourth-order valence-corrected chi connectivity index (χ4v) is 13.5. The number of hydrogen-bond acceptors (Lipinski definition) is 46. The summed E-state index contributed by atoms with van der Waals surface area (Å²) in [5.74, 6) is -1.72. The Balaban J connectivity index is 1.05. The Bertz CT molecular complexity index is 2710. The molecule has 0 radical (unpaired) electrons. The molecule has 0 aromatic heterocycles. The van der Waals surface area contributed by atoms with E-state index in [-0.39, 0.29) is 0 Å². The number of rotatable bonds is 27. The third kappa shape index (κ3) is 18.7. The Hall–Kier alpha value is -2.82. The molecule has 0 spiro atoms. The summed E-state index contributed by atoms with van der Waals surface area (Å²) >= 11 is 0. The van der Waals surface area contributed by atoms with Crippen LogP contribution < -0.4 is 10.6 Å². The summed E-state index contributed by atoms with van der Waals surface area (Å²) < 4.78 is 98.8. The summed E-state index contributed by atoms with van der Waals surface area (Å²) in [6.45, 7) is -7.76. The summed E-state index contributed by atoms with van der Waals surface area (Å²) in [5.41, 5.74) is 0. The van der Waals surface area contributed by atoms with Gasteiger partial charge in [-0.1, -0.05) is 0 Å². The third-order valence-corrected chi connectivity index (χ3v) is 19.5. The molecule has 48 heteroatoms. The summed E-state index contributed by atoms with van der Waals surface area (Å²) in [6, 6.07) is -3.55. The minimum Gasteiger partial charge on any atom is -0.394 e. The van der Waals surface area contributed by atoms with Crippen LogP contribution in [0.25, 0.3) is 0 Å². The predicted octanol–water partition coefficient (Wildman–Crippen LogP) is -20.3. The highest BCUT2D eigenvalue weighted by molar-refractivity contribution is 5.73. The Morgan fingerprint density at radius 2 is 0.519 bits per heavy atom. The lowest BCUT2D eigenvalue weighted by Crippen LogP contribution is -2.70. The zero-order chi connectivity index (χ0) is 77.9. The van der Waals surface area contributed by atoms with Gasteiger partial charge >= 0.3 is 0 Å². The molecule has 2 amide bonds. The topological polar surface area (TPSA) is 761 Å². The van der Waals surface area contributed by atoms with E-state index in [1.54, 1.807) is 0 Å². The highest BCUT2D eigenvalue weighted by Gasteiger charge is 2.60. The van der Waals surface area contributed by atoms with Crippen LogP contribution in [0.2, 0.25) is 0 Å². The molecule has 0 aromatic carbocycles. The standard InChI is InChI=1S/C58H98N2O46/c1-12(68)59-23-32(77)44(19(8-66)92-50(23)89)101-51-24(60-13(2)69)33(78)45(20(9-67)98-51)102-56-43(88)47(104-58-49(38(83)29(74)18(7-65)97-58)106-55-41(86)36(81)27(72)16(5-63)95-55)31(76)22(100-56)10-90-52-42(87)46(103-53-39(84)34(79)25(70)14(3-61)93-53)30(75)21(99-52)11-91-57-48(37(82)28(73)17(6-64)96-57)105-54-40(85)35(80)26(71)15(4-62)94-54/h14-58,61-67,70-89H,3-11H2,1-2H3,(H,59,68)(H,60,69)/t14-,15-,16-,17-,18-,19-,20-,21-,22-,23-,24-,25-,26-,27-,28-,29-,30-,31-,32-,33-,34+,35+,36+,37+,38+,39+,40+,41+,42+,43+,44-,45-,46+,47+,48+,49+,50-,51+,52+,53-,54-,55-,56+,57+,58-/m1/s1. The van der Waals surface area contributed by atoms with E-state index in [4.69, 9.17) is 80.5 Å². The van der Waals surface area contributed by atoms with Crippen molar-refractivity contribution in [1.29, 1.82) is 0 Å². The second kappa shape index (κ2) is 37.9. The maximum Gasteiger partial charge on any atom is 0.217 e. The van der Waals surface area contributed by atoms with Gasteiger partial charge in [-0.05, 0) is 0 Å². The highest BCUT2D eigenvalue weighted by Crippen LogP contribution is 2.39. The monoisotopic (exact) mass is 1560 g/mol. The maximum absolute atomic E-state index is 12.9. The minimum atomic E-state index is -2.54. The number of aliphatic hydroxyl groups is 27. The Labute approximate surface area is 598 Å². The van der Waals surface area contributed by atoms with Crippen molar-refractivity contribution in [1.82, 2.24) is 10.6 Å². The smallest absolute Gasteiger partial charge is 0.217 e. The van der Waals surface area contributed by atoms with Crippen LogP contribution in [0.15, 0.2) is 0 Å². The molecule has 0 aromatic rings. The van der Waals surface area contributed by atoms with E-state index in [1.807, 2.05) is 0 Å². The van der Waals surface area contributed by atoms with Crippen LogP contribution in [0.3, 0.4) is 0 Å². The maximum atomic E-state index is 12.9. The average Bonchev–Trinajstić information content (AvgIpc) is 0.774. The summed E-state index contributed by atoms with van der Waals surface area (Å²) in [5, 5.41) is 301. The van der Waals surface area contributed by atoms with Crippen molar-refractivity contribution in [2.75, 3.05) is 59.5 Å². The molecule has 0 unspecified atom stereocenters. The molecule has 0 saturated carbocycles. The first-order valence-electron chi connectivity index (χ1n) is 33.7. The fourth-order valence-electron chi connectivity index (χ4n) is 13.5. The van der Waals surface area contributed by atoms with Crippen molar-refractivity contribution in [2.45, 2.75) is 290 Å². The van der Waals surface area contributed by atoms with E-state index in [0.29, 0.717) is 0 Å². The van der Waals surface area contributed by atoms with E-state index in [2.05, 4.69) is 10.6 Å². The van der Waals surface area contributed by atoms with Gasteiger partial charge in [0.15, 0.2) is 56.6 Å².